The van der Waals surface area contributed by atoms with Gasteiger partial charge in [-0.2, -0.15) is 0 Å². The third-order valence-electron chi connectivity index (χ3n) is 10.9. The van der Waals surface area contributed by atoms with Crippen molar-refractivity contribution in [2.24, 2.45) is 0 Å². The van der Waals surface area contributed by atoms with Gasteiger partial charge in [-0.05, 0) is 125 Å². The predicted octanol–water partition coefficient (Wildman–Crippen LogP) is 12.0. The topological polar surface area (TPSA) is 205 Å². The Bertz CT molecular complexity index is 3120. The van der Waals surface area contributed by atoms with Crippen molar-refractivity contribution in [3.63, 3.8) is 0 Å². The van der Waals surface area contributed by atoms with Gasteiger partial charge in [-0.15, -0.1) is 0 Å². The van der Waals surface area contributed by atoms with E-state index in [0.29, 0.717) is 53.5 Å². The van der Waals surface area contributed by atoms with E-state index in [4.69, 9.17) is 19.1 Å². The molecule has 0 atom stereocenters. The third-order valence-corrected chi connectivity index (χ3v) is 10.9. The van der Waals surface area contributed by atoms with Crippen molar-refractivity contribution in [1.29, 1.82) is 0 Å². The monoisotopic (exact) mass is 926 g/mol. The number of para-hydroxylation sites is 2. The number of anilines is 4. The molecule has 0 aliphatic heterocycles. The molecule has 0 bridgehead atoms. The van der Waals surface area contributed by atoms with E-state index in [1.54, 1.807) is 60.7 Å². The molecule has 0 fully saturated rings. The maximum Gasteiger partial charge on any atom is 0.271 e. The number of nitro groups is 2. The highest BCUT2D eigenvalue weighted by Gasteiger charge is 2.18. The van der Waals surface area contributed by atoms with Crippen molar-refractivity contribution in [2.75, 3.05) is 34.8 Å². The van der Waals surface area contributed by atoms with Gasteiger partial charge in [0.2, 0.25) is 0 Å². The molecule has 0 radical (unpaired) electrons. The van der Waals surface area contributed by atoms with Gasteiger partial charge in [0, 0.05) is 46.8 Å². The Balaban J connectivity index is 0.900. The number of benzene rings is 8. The Kier molecular flexibility index (Phi) is 15.3. The zero-order valence-electron chi connectivity index (χ0n) is 37.1. The normalized spacial score (nSPS) is 10.9. The van der Waals surface area contributed by atoms with E-state index in [1.165, 1.54) is 30.3 Å². The van der Waals surface area contributed by atoms with Crippen LogP contribution in [0, 0.1) is 20.2 Å². The minimum absolute atomic E-state index is 0.0384. The smallest absolute Gasteiger partial charge is 0.271 e. The van der Waals surface area contributed by atoms with E-state index in [0.717, 1.165) is 45.8 Å². The van der Waals surface area contributed by atoms with Gasteiger partial charge >= 0.3 is 0 Å². The van der Waals surface area contributed by atoms with Crippen LogP contribution in [0.15, 0.2) is 170 Å². The first-order chi connectivity index (χ1) is 33.6. The van der Waals surface area contributed by atoms with Gasteiger partial charge in [0.15, 0.2) is 0 Å². The van der Waals surface area contributed by atoms with Crippen molar-refractivity contribution < 1.29 is 38.6 Å². The Morgan fingerprint density at radius 1 is 0.464 bits per heavy atom. The van der Waals surface area contributed by atoms with E-state index in [2.05, 4.69) is 21.6 Å². The molecule has 0 saturated heterocycles. The number of amides is 2. The molecule has 0 heterocycles. The summed E-state index contributed by atoms with van der Waals surface area (Å²) >= 11 is 0. The number of unbranched alkanes of at least 4 members (excludes halogenated alkanes) is 2. The van der Waals surface area contributed by atoms with E-state index in [-0.39, 0.29) is 41.7 Å². The number of hydrogen-bond acceptors (Lipinski definition) is 12. The highest BCUT2D eigenvalue weighted by Crippen LogP contribution is 2.31. The molecule has 4 N–H and O–H groups in total. The van der Waals surface area contributed by atoms with Gasteiger partial charge < -0.3 is 20.1 Å². The number of carbonyl (C=O) groups is 2. The summed E-state index contributed by atoms with van der Waals surface area (Å²) in [5, 5.41) is 31.3. The number of nitrogens with one attached hydrogen (secondary N) is 4. The summed E-state index contributed by atoms with van der Waals surface area (Å²) in [5.41, 5.74) is 10.1. The number of carbonyl (C=O) groups excluding carboxylic acids is 2. The molecule has 0 spiro atoms. The molecular weight excluding hydrogens is 881 g/mol. The van der Waals surface area contributed by atoms with Crippen LogP contribution in [0.3, 0.4) is 0 Å². The van der Waals surface area contributed by atoms with Gasteiger partial charge in [0.05, 0.1) is 46.6 Å². The van der Waals surface area contributed by atoms with Crippen LogP contribution in [0.4, 0.5) is 34.1 Å². The lowest BCUT2D eigenvalue weighted by Gasteiger charge is -2.15. The van der Waals surface area contributed by atoms with Gasteiger partial charge in [0.25, 0.3) is 23.2 Å². The minimum atomic E-state index is -0.530. The molecule has 348 valence electrons. The SMILES string of the molecule is O=C(Nc1cccc([N+](=O)[O-])c1)c1ccc2cc(OCCCCCOc3cc4ccc(CONc5cccc([N+](=O)[O-])c5)cc4cc3CONc3ccccc3)c(C(=O)Nc3ccccc3)cc2c1. The predicted molar refractivity (Wildman–Crippen MR) is 265 cm³/mol. The fraction of sp³-hybridized carbons (Fsp3) is 0.132. The molecule has 8 aromatic carbocycles. The van der Waals surface area contributed by atoms with E-state index in [9.17, 15) is 29.8 Å². The number of ether oxygens (including phenoxy) is 2. The lowest BCUT2D eigenvalue weighted by atomic mass is 10.0. The molecule has 16 heteroatoms. The van der Waals surface area contributed by atoms with Crippen molar-refractivity contribution in [3.05, 3.63) is 212 Å². The summed E-state index contributed by atoms with van der Waals surface area (Å²) in [6.07, 6.45) is 2.16. The van der Waals surface area contributed by atoms with Crippen LogP contribution in [0.25, 0.3) is 21.5 Å². The second kappa shape index (κ2) is 22.6. The summed E-state index contributed by atoms with van der Waals surface area (Å²) in [6, 6.07) is 48.9. The van der Waals surface area contributed by atoms with Crippen molar-refractivity contribution in [3.8, 4) is 11.5 Å². The Labute approximate surface area is 396 Å². The van der Waals surface area contributed by atoms with E-state index < -0.39 is 15.8 Å². The molecule has 16 nitrogen and oxygen atoms in total. The highest BCUT2D eigenvalue weighted by atomic mass is 16.6. The van der Waals surface area contributed by atoms with Gasteiger partial charge in [-0.3, -0.25) is 50.5 Å². The fourth-order valence-corrected chi connectivity index (χ4v) is 7.38. The van der Waals surface area contributed by atoms with Crippen molar-refractivity contribution in [1.82, 2.24) is 0 Å². The Morgan fingerprint density at radius 2 is 1.03 bits per heavy atom. The second-order valence-electron chi connectivity index (χ2n) is 15.8. The van der Waals surface area contributed by atoms with Gasteiger partial charge in [0.1, 0.15) is 18.1 Å². The molecule has 0 aliphatic carbocycles. The largest absolute Gasteiger partial charge is 0.493 e. The van der Waals surface area contributed by atoms with Crippen LogP contribution in [0.5, 0.6) is 11.5 Å². The molecule has 0 aliphatic rings. The van der Waals surface area contributed by atoms with E-state index in [1.807, 2.05) is 78.9 Å². The number of hydrogen-bond donors (Lipinski definition) is 4. The maximum atomic E-state index is 13.7. The lowest BCUT2D eigenvalue weighted by Crippen LogP contribution is -2.14. The minimum Gasteiger partial charge on any atom is -0.493 e. The van der Waals surface area contributed by atoms with Crippen LogP contribution < -0.4 is 31.1 Å². The molecule has 8 aromatic rings. The van der Waals surface area contributed by atoms with Crippen LogP contribution >= 0.6 is 0 Å². The second-order valence-corrected chi connectivity index (χ2v) is 15.8. The van der Waals surface area contributed by atoms with Crippen molar-refractivity contribution >= 4 is 67.5 Å². The number of non-ortho nitro benzene ring substituents is 2. The summed E-state index contributed by atoms with van der Waals surface area (Å²) in [6.45, 7) is 1.18. The molecule has 8 rings (SSSR count). The Hall–Kier alpha value is -8.86. The first kappa shape index (κ1) is 46.7. The zero-order valence-corrected chi connectivity index (χ0v) is 37.1. The lowest BCUT2D eigenvalue weighted by molar-refractivity contribution is -0.385. The first-order valence-electron chi connectivity index (χ1n) is 22.0. The summed E-state index contributed by atoms with van der Waals surface area (Å²) in [5.74, 6) is 0.223. The molecule has 69 heavy (non-hydrogen) atoms. The third kappa shape index (κ3) is 12.7. The summed E-state index contributed by atoms with van der Waals surface area (Å²) in [7, 11) is 0. The first-order valence-corrected chi connectivity index (χ1v) is 22.0. The van der Waals surface area contributed by atoms with Crippen LogP contribution in [0.1, 0.15) is 51.1 Å². The van der Waals surface area contributed by atoms with Gasteiger partial charge in [-0.1, -0.05) is 66.7 Å². The fourth-order valence-electron chi connectivity index (χ4n) is 7.38. The molecule has 0 saturated carbocycles. The molecule has 2 amide bonds. The number of fused-ring (bicyclic) bond motifs is 2. The van der Waals surface area contributed by atoms with Crippen LogP contribution in [-0.4, -0.2) is 34.9 Å². The average Bonchev–Trinajstić information content (AvgIpc) is 3.36. The standard InChI is InChI=1S/C53H46N6O10/c60-52(55-45-16-10-18-47(32-45)58(62)63)39-23-22-38-31-51(49(29-41(38)27-39)53(61)54-43-12-4-1-5-13-43)67-25-9-3-8-24-66-50-30-37-21-20-36(34-68-57-46-17-11-19-48(33-46)59(64)65)26-40(37)28-42(50)35-69-56-44-14-6-2-7-15-44/h1-2,4-7,10-23,26-33,56-57H,3,8-9,24-25,34-35H2,(H,54,61)(H,55,60). The molecule has 0 unspecified atom stereocenters. The van der Waals surface area contributed by atoms with Crippen molar-refractivity contribution in [2.45, 2.75) is 32.5 Å². The number of nitro benzene ring substituents is 2. The molecule has 0 aromatic heterocycles. The maximum absolute atomic E-state index is 13.7. The highest BCUT2D eigenvalue weighted by molar-refractivity contribution is 6.10. The number of nitrogens with zero attached hydrogens (tertiary/aromatic N) is 2. The van der Waals surface area contributed by atoms with Crippen LogP contribution in [0.2, 0.25) is 0 Å². The van der Waals surface area contributed by atoms with Crippen LogP contribution in [-0.2, 0) is 22.9 Å². The quantitative estimate of drug-likeness (QED) is 0.0285. The molecular formula is C53H46N6O10. The van der Waals surface area contributed by atoms with E-state index >= 15 is 0 Å². The summed E-state index contributed by atoms with van der Waals surface area (Å²) in [4.78, 5) is 60.0. The summed E-state index contributed by atoms with van der Waals surface area (Å²) < 4.78 is 12.7. The number of rotatable bonds is 22. The zero-order chi connectivity index (χ0) is 48.0. The van der Waals surface area contributed by atoms with Gasteiger partial charge in [-0.25, -0.2) is 0 Å². The Morgan fingerprint density at radius 3 is 1.74 bits per heavy atom. The average molecular weight is 927 g/mol.